The van der Waals surface area contributed by atoms with Crippen LogP contribution in [-0.4, -0.2) is 43.2 Å². The number of hydrogen-bond donors (Lipinski definition) is 1. The Morgan fingerprint density at radius 2 is 2.00 bits per heavy atom. The van der Waals surface area contributed by atoms with Gasteiger partial charge in [0.25, 0.3) is 0 Å². The predicted octanol–water partition coefficient (Wildman–Crippen LogP) is 0.569. The molecule has 88 valence electrons. The van der Waals surface area contributed by atoms with Crippen LogP contribution >= 0.6 is 11.8 Å². The number of carbonyl (C=O) groups is 2. The van der Waals surface area contributed by atoms with Crippen LogP contribution in [0.25, 0.3) is 0 Å². The molecule has 15 heavy (non-hydrogen) atoms. The van der Waals surface area contributed by atoms with Gasteiger partial charge in [-0.05, 0) is 6.26 Å². The number of alkyl halides is 3. The van der Waals surface area contributed by atoms with E-state index in [1.807, 2.05) is 0 Å². The van der Waals surface area contributed by atoms with Crippen LogP contribution in [0.4, 0.5) is 13.2 Å². The maximum Gasteiger partial charge on any atom is 0.471 e. The Hall–Kier alpha value is -0.920. The molecular weight excluding hydrogens is 235 g/mol. The maximum atomic E-state index is 11.8. The van der Waals surface area contributed by atoms with Gasteiger partial charge in [0.1, 0.15) is 6.04 Å². The smallest absolute Gasteiger partial charge is 0.467 e. The second kappa shape index (κ2) is 5.84. The standard InChI is InChI=1S/C7H10F3NO3S/c1-14-5(12)4(3-15-2)11-6(13)7(8,9)10/h4H,3H2,1-2H3,(H,11,13)/t4-/m0/s1. The number of thioether (sulfide) groups is 1. The second-order valence-electron chi connectivity index (χ2n) is 2.50. The first-order chi connectivity index (χ1) is 6.82. The molecule has 8 heteroatoms. The number of hydrogen-bond acceptors (Lipinski definition) is 4. The van der Waals surface area contributed by atoms with E-state index < -0.39 is 24.1 Å². The van der Waals surface area contributed by atoms with E-state index in [1.54, 1.807) is 11.6 Å². The molecular formula is C7H10F3NO3S. The van der Waals surface area contributed by atoms with Gasteiger partial charge in [-0.2, -0.15) is 24.9 Å². The first-order valence-corrected chi connectivity index (χ1v) is 5.16. The van der Waals surface area contributed by atoms with Gasteiger partial charge < -0.3 is 10.1 Å². The SMILES string of the molecule is COC(=O)[C@H](CSC)NC(=O)C(F)(F)F. The fourth-order valence-electron chi connectivity index (χ4n) is 0.718. The molecule has 0 aromatic carbocycles. The third kappa shape index (κ3) is 4.91. The molecule has 0 radical (unpaired) electrons. The predicted molar refractivity (Wildman–Crippen MR) is 48.4 cm³/mol. The summed E-state index contributed by atoms with van der Waals surface area (Å²) in [5, 5.41) is 1.55. The van der Waals surface area contributed by atoms with E-state index in [1.165, 1.54) is 0 Å². The molecule has 1 atom stereocenters. The summed E-state index contributed by atoms with van der Waals surface area (Å²) in [5.41, 5.74) is 0. The molecule has 0 rings (SSSR count). The first kappa shape index (κ1) is 14.1. The first-order valence-electron chi connectivity index (χ1n) is 3.77. The van der Waals surface area contributed by atoms with Crippen LogP contribution in [0.15, 0.2) is 0 Å². The van der Waals surface area contributed by atoms with Crippen LogP contribution in [0.5, 0.6) is 0 Å². The highest BCUT2D eigenvalue weighted by atomic mass is 32.2. The topological polar surface area (TPSA) is 55.4 Å². The van der Waals surface area contributed by atoms with Crippen molar-refractivity contribution >= 4 is 23.6 Å². The Labute approximate surface area is 88.5 Å². The number of carbonyl (C=O) groups excluding carboxylic acids is 2. The van der Waals surface area contributed by atoms with E-state index >= 15 is 0 Å². The van der Waals surface area contributed by atoms with Crippen LogP contribution in [0, 0.1) is 0 Å². The summed E-state index contributed by atoms with van der Waals surface area (Å²) in [5.74, 6) is -3.03. The molecule has 1 N–H and O–H groups in total. The zero-order chi connectivity index (χ0) is 12.1. The molecule has 0 saturated carbocycles. The Morgan fingerprint density at radius 1 is 1.47 bits per heavy atom. The van der Waals surface area contributed by atoms with Gasteiger partial charge in [-0.1, -0.05) is 0 Å². The van der Waals surface area contributed by atoms with Crippen molar-refractivity contribution < 1.29 is 27.5 Å². The van der Waals surface area contributed by atoms with Crippen LogP contribution in [-0.2, 0) is 14.3 Å². The van der Waals surface area contributed by atoms with Crippen molar-refractivity contribution in [2.24, 2.45) is 0 Å². The fourth-order valence-corrected chi connectivity index (χ4v) is 1.27. The van der Waals surface area contributed by atoms with Crippen molar-refractivity contribution in [3.05, 3.63) is 0 Å². The van der Waals surface area contributed by atoms with E-state index in [2.05, 4.69) is 4.74 Å². The van der Waals surface area contributed by atoms with Gasteiger partial charge in [-0.25, -0.2) is 4.79 Å². The van der Waals surface area contributed by atoms with Crippen molar-refractivity contribution in [3.8, 4) is 0 Å². The summed E-state index contributed by atoms with van der Waals surface area (Å²) >= 11 is 1.12. The van der Waals surface area contributed by atoms with E-state index in [4.69, 9.17) is 0 Å². The summed E-state index contributed by atoms with van der Waals surface area (Å²) in [7, 11) is 1.04. The normalized spacial score (nSPS) is 13.1. The Bertz CT molecular complexity index is 244. The molecule has 0 spiro atoms. The van der Waals surface area contributed by atoms with E-state index in [-0.39, 0.29) is 5.75 Å². The molecule has 0 aromatic heterocycles. The van der Waals surface area contributed by atoms with E-state index in [0.29, 0.717) is 0 Å². The minimum Gasteiger partial charge on any atom is -0.467 e. The van der Waals surface area contributed by atoms with Crippen molar-refractivity contribution in [1.82, 2.24) is 5.32 Å². The fraction of sp³-hybridized carbons (Fsp3) is 0.714. The number of amides is 1. The molecule has 1 amide bonds. The van der Waals surface area contributed by atoms with Crippen LogP contribution in [0.1, 0.15) is 0 Å². The lowest BCUT2D eigenvalue weighted by atomic mass is 10.3. The quantitative estimate of drug-likeness (QED) is 0.736. The Balaban J connectivity index is 4.42. The maximum absolute atomic E-state index is 11.8. The summed E-state index contributed by atoms with van der Waals surface area (Å²) in [4.78, 5) is 21.5. The third-order valence-electron chi connectivity index (χ3n) is 1.38. The van der Waals surface area contributed by atoms with Crippen molar-refractivity contribution in [3.63, 3.8) is 0 Å². The summed E-state index contributed by atoms with van der Waals surface area (Å²) in [6, 6.07) is -1.28. The summed E-state index contributed by atoms with van der Waals surface area (Å²) in [6.07, 6.45) is -3.40. The minimum absolute atomic E-state index is 0.0223. The molecule has 0 saturated heterocycles. The average molecular weight is 245 g/mol. The number of rotatable bonds is 4. The molecule has 0 fully saturated rings. The molecule has 0 aliphatic carbocycles. The molecule has 0 bridgehead atoms. The van der Waals surface area contributed by atoms with E-state index in [9.17, 15) is 22.8 Å². The Kier molecular flexibility index (Phi) is 5.48. The number of halogens is 3. The summed E-state index contributed by atoms with van der Waals surface area (Å²) in [6.45, 7) is 0. The lowest BCUT2D eigenvalue weighted by Gasteiger charge is -2.16. The van der Waals surface area contributed by atoms with Crippen molar-refractivity contribution in [2.75, 3.05) is 19.1 Å². The van der Waals surface area contributed by atoms with E-state index in [0.717, 1.165) is 18.9 Å². The molecule has 0 unspecified atom stereocenters. The van der Waals surface area contributed by atoms with Crippen molar-refractivity contribution in [1.29, 1.82) is 0 Å². The second-order valence-corrected chi connectivity index (χ2v) is 3.41. The third-order valence-corrected chi connectivity index (χ3v) is 2.05. The van der Waals surface area contributed by atoms with Crippen molar-refractivity contribution in [2.45, 2.75) is 12.2 Å². The van der Waals surface area contributed by atoms with Gasteiger partial charge in [0, 0.05) is 5.75 Å². The number of methoxy groups -OCH3 is 1. The molecule has 0 aromatic rings. The largest absolute Gasteiger partial charge is 0.471 e. The zero-order valence-electron chi connectivity index (χ0n) is 8.05. The highest BCUT2D eigenvalue weighted by Crippen LogP contribution is 2.15. The highest BCUT2D eigenvalue weighted by molar-refractivity contribution is 7.98. The molecule has 0 aliphatic rings. The van der Waals surface area contributed by atoms with Crippen LogP contribution in [0.2, 0.25) is 0 Å². The lowest BCUT2D eigenvalue weighted by Crippen LogP contribution is -2.48. The van der Waals surface area contributed by atoms with Gasteiger partial charge in [0.15, 0.2) is 0 Å². The van der Waals surface area contributed by atoms with Gasteiger partial charge in [-0.3, -0.25) is 4.79 Å². The number of nitrogens with one attached hydrogen (secondary N) is 1. The van der Waals surface area contributed by atoms with Crippen LogP contribution in [0.3, 0.4) is 0 Å². The molecule has 0 aliphatic heterocycles. The van der Waals surface area contributed by atoms with Gasteiger partial charge in [-0.15, -0.1) is 0 Å². The van der Waals surface area contributed by atoms with Gasteiger partial charge in [0.05, 0.1) is 7.11 Å². The highest BCUT2D eigenvalue weighted by Gasteiger charge is 2.40. The Morgan fingerprint density at radius 3 is 2.33 bits per heavy atom. The monoisotopic (exact) mass is 245 g/mol. The lowest BCUT2D eigenvalue weighted by molar-refractivity contribution is -0.175. The van der Waals surface area contributed by atoms with Crippen LogP contribution < -0.4 is 5.32 Å². The zero-order valence-corrected chi connectivity index (χ0v) is 8.87. The molecule has 4 nitrogen and oxygen atoms in total. The summed E-state index contributed by atoms with van der Waals surface area (Å²) < 4.78 is 39.8. The average Bonchev–Trinajstić information content (AvgIpc) is 2.14. The minimum atomic E-state index is -5.00. The van der Waals surface area contributed by atoms with Gasteiger partial charge >= 0.3 is 18.1 Å². The molecule has 0 heterocycles. The number of ether oxygens (including phenoxy) is 1. The number of esters is 1. The van der Waals surface area contributed by atoms with Gasteiger partial charge in [0.2, 0.25) is 0 Å².